The van der Waals surface area contributed by atoms with Gasteiger partial charge in [-0.2, -0.15) is 0 Å². The van der Waals surface area contributed by atoms with Crippen LogP contribution in [0.5, 0.6) is 0 Å². The first-order valence-corrected chi connectivity index (χ1v) is 7.77. The molecule has 0 radical (unpaired) electrons. The molecule has 0 fully saturated rings. The summed E-state index contributed by atoms with van der Waals surface area (Å²) in [6, 6.07) is 13.7. The second-order valence-corrected chi connectivity index (χ2v) is 5.93. The molecular weight excluding hydrogens is 306 g/mol. The summed E-state index contributed by atoms with van der Waals surface area (Å²) >= 11 is 5.35. The first-order chi connectivity index (χ1) is 10.9. The molecule has 2 rings (SSSR count). The number of hydrogen-bond donors (Lipinski definition) is 2. The lowest BCUT2D eigenvalue weighted by Crippen LogP contribution is -2.23. The number of carbonyl (C=O) groups is 1. The molecule has 0 aliphatic rings. The SMILES string of the molecule is CC(=O)N(C)c1ccc(NC(=S)Nc2ccc(C)cc2C)cc1. The molecule has 1 amide bonds. The van der Waals surface area contributed by atoms with Crippen LogP contribution < -0.4 is 15.5 Å². The maximum atomic E-state index is 11.3. The van der Waals surface area contributed by atoms with Gasteiger partial charge in [0.1, 0.15) is 0 Å². The maximum Gasteiger partial charge on any atom is 0.223 e. The Morgan fingerprint density at radius 2 is 1.70 bits per heavy atom. The van der Waals surface area contributed by atoms with E-state index in [1.165, 1.54) is 12.5 Å². The number of amides is 1. The average molecular weight is 327 g/mol. The number of rotatable bonds is 3. The first-order valence-electron chi connectivity index (χ1n) is 7.36. The normalized spacial score (nSPS) is 10.1. The van der Waals surface area contributed by atoms with Gasteiger partial charge in [0, 0.05) is 31.0 Å². The molecule has 0 atom stereocenters. The third-order valence-corrected chi connectivity index (χ3v) is 3.82. The second kappa shape index (κ2) is 7.24. The molecule has 0 saturated carbocycles. The zero-order valence-corrected chi connectivity index (χ0v) is 14.6. The van der Waals surface area contributed by atoms with E-state index in [1.807, 2.05) is 43.3 Å². The monoisotopic (exact) mass is 327 g/mol. The third-order valence-electron chi connectivity index (χ3n) is 3.61. The van der Waals surface area contributed by atoms with Crippen molar-refractivity contribution in [2.24, 2.45) is 0 Å². The van der Waals surface area contributed by atoms with Gasteiger partial charge in [0.2, 0.25) is 5.91 Å². The van der Waals surface area contributed by atoms with Crippen molar-refractivity contribution in [2.75, 3.05) is 22.6 Å². The van der Waals surface area contributed by atoms with Crippen LogP contribution in [0.1, 0.15) is 18.1 Å². The van der Waals surface area contributed by atoms with Crippen LogP contribution in [0.4, 0.5) is 17.1 Å². The average Bonchev–Trinajstić information content (AvgIpc) is 2.50. The Kier molecular flexibility index (Phi) is 5.34. The fourth-order valence-corrected chi connectivity index (χ4v) is 2.42. The summed E-state index contributed by atoms with van der Waals surface area (Å²) in [4.78, 5) is 12.9. The van der Waals surface area contributed by atoms with Gasteiger partial charge in [0.15, 0.2) is 5.11 Å². The Morgan fingerprint density at radius 3 is 2.26 bits per heavy atom. The van der Waals surface area contributed by atoms with Crippen LogP contribution in [0.3, 0.4) is 0 Å². The van der Waals surface area contributed by atoms with E-state index >= 15 is 0 Å². The molecule has 23 heavy (non-hydrogen) atoms. The number of benzene rings is 2. The van der Waals surface area contributed by atoms with Crippen molar-refractivity contribution in [2.45, 2.75) is 20.8 Å². The molecule has 4 nitrogen and oxygen atoms in total. The highest BCUT2D eigenvalue weighted by molar-refractivity contribution is 7.80. The molecule has 0 aromatic heterocycles. The van der Waals surface area contributed by atoms with E-state index < -0.39 is 0 Å². The highest BCUT2D eigenvalue weighted by atomic mass is 32.1. The Bertz CT molecular complexity index is 726. The largest absolute Gasteiger partial charge is 0.332 e. The van der Waals surface area contributed by atoms with Gasteiger partial charge in [-0.1, -0.05) is 17.7 Å². The van der Waals surface area contributed by atoms with Crippen molar-refractivity contribution in [3.63, 3.8) is 0 Å². The molecule has 2 aromatic carbocycles. The van der Waals surface area contributed by atoms with Crippen molar-refractivity contribution in [3.8, 4) is 0 Å². The number of aryl methyl sites for hydroxylation is 2. The van der Waals surface area contributed by atoms with Gasteiger partial charge in [-0.25, -0.2) is 0 Å². The van der Waals surface area contributed by atoms with Crippen molar-refractivity contribution in [3.05, 3.63) is 53.6 Å². The lowest BCUT2D eigenvalue weighted by atomic mass is 10.1. The third kappa shape index (κ3) is 4.53. The lowest BCUT2D eigenvalue weighted by Gasteiger charge is -2.16. The number of anilines is 3. The predicted octanol–water partition coefficient (Wildman–Crippen LogP) is 4.10. The van der Waals surface area contributed by atoms with Gasteiger partial charge in [-0.05, 0) is 62.0 Å². The fourth-order valence-electron chi connectivity index (χ4n) is 2.19. The Balaban J connectivity index is 2.01. The fraction of sp³-hybridized carbons (Fsp3) is 0.222. The summed E-state index contributed by atoms with van der Waals surface area (Å²) in [5.41, 5.74) is 5.06. The minimum atomic E-state index is -0.00209. The number of thiocarbonyl (C=S) groups is 1. The predicted molar refractivity (Wildman–Crippen MR) is 101 cm³/mol. The molecule has 0 saturated heterocycles. The van der Waals surface area contributed by atoms with E-state index in [4.69, 9.17) is 12.2 Å². The minimum Gasteiger partial charge on any atom is -0.332 e. The van der Waals surface area contributed by atoms with Gasteiger partial charge in [0.05, 0.1) is 0 Å². The van der Waals surface area contributed by atoms with Gasteiger partial charge < -0.3 is 15.5 Å². The molecule has 0 spiro atoms. The van der Waals surface area contributed by atoms with Gasteiger partial charge in [-0.15, -0.1) is 0 Å². The van der Waals surface area contributed by atoms with Crippen molar-refractivity contribution in [1.29, 1.82) is 0 Å². The van der Waals surface area contributed by atoms with Crippen LogP contribution in [0.15, 0.2) is 42.5 Å². The topological polar surface area (TPSA) is 44.4 Å². The number of hydrogen-bond acceptors (Lipinski definition) is 2. The Morgan fingerprint density at radius 1 is 1.04 bits per heavy atom. The molecular formula is C18H21N3OS. The maximum absolute atomic E-state index is 11.3. The summed E-state index contributed by atoms with van der Waals surface area (Å²) in [6.45, 7) is 5.65. The molecule has 5 heteroatoms. The van der Waals surface area contributed by atoms with E-state index in [0.717, 1.165) is 22.6 Å². The van der Waals surface area contributed by atoms with E-state index in [1.54, 1.807) is 11.9 Å². The van der Waals surface area contributed by atoms with Crippen LogP contribution in [-0.2, 0) is 4.79 Å². The van der Waals surface area contributed by atoms with Gasteiger partial charge >= 0.3 is 0 Å². The van der Waals surface area contributed by atoms with Gasteiger partial charge in [-0.3, -0.25) is 4.79 Å². The van der Waals surface area contributed by atoms with Crippen LogP contribution >= 0.6 is 12.2 Å². The molecule has 0 bridgehead atoms. The van der Waals surface area contributed by atoms with E-state index in [-0.39, 0.29) is 5.91 Å². The van der Waals surface area contributed by atoms with Crippen molar-refractivity contribution in [1.82, 2.24) is 0 Å². The van der Waals surface area contributed by atoms with E-state index in [0.29, 0.717) is 5.11 Å². The van der Waals surface area contributed by atoms with Crippen LogP contribution in [0.25, 0.3) is 0 Å². The van der Waals surface area contributed by atoms with Crippen LogP contribution in [0, 0.1) is 13.8 Å². The van der Waals surface area contributed by atoms with Crippen LogP contribution in [-0.4, -0.2) is 18.1 Å². The Labute approximate surface area is 142 Å². The summed E-state index contributed by atoms with van der Waals surface area (Å²) in [5.74, 6) is -0.00209. The van der Waals surface area contributed by atoms with E-state index in [2.05, 4.69) is 23.6 Å². The highest BCUT2D eigenvalue weighted by Gasteiger charge is 2.06. The lowest BCUT2D eigenvalue weighted by molar-refractivity contribution is -0.116. The Hall–Kier alpha value is -2.40. The summed E-state index contributed by atoms with van der Waals surface area (Å²) in [7, 11) is 1.75. The smallest absolute Gasteiger partial charge is 0.223 e. The summed E-state index contributed by atoms with van der Waals surface area (Å²) in [5, 5.41) is 6.87. The zero-order valence-electron chi connectivity index (χ0n) is 13.8. The highest BCUT2D eigenvalue weighted by Crippen LogP contribution is 2.19. The number of nitrogens with one attached hydrogen (secondary N) is 2. The van der Waals surface area contributed by atoms with E-state index in [9.17, 15) is 4.79 Å². The number of carbonyl (C=O) groups excluding carboxylic acids is 1. The van der Waals surface area contributed by atoms with Gasteiger partial charge in [0.25, 0.3) is 0 Å². The first kappa shape index (κ1) is 17.0. The van der Waals surface area contributed by atoms with Crippen LogP contribution in [0.2, 0.25) is 0 Å². The summed E-state index contributed by atoms with van der Waals surface area (Å²) in [6.07, 6.45) is 0. The van der Waals surface area contributed by atoms with Crippen molar-refractivity contribution >= 4 is 40.3 Å². The van der Waals surface area contributed by atoms with Crippen molar-refractivity contribution < 1.29 is 4.79 Å². The quantitative estimate of drug-likeness (QED) is 0.833. The summed E-state index contributed by atoms with van der Waals surface area (Å²) < 4.78 is 0. The molecule has 0 aliphatic carbocycles. The second-order valence-electron chi connectivity index (χ2n) is 5.52. The molecule has 120 valence electrons. The standard InChI is InChI=1S/C18H21N3OS/c1-12-5-10-17(13(2)11-12)20-18(23)19-15-6-8-16(9-7-15)21(4)14(3)22/h5-11H,1-4H3,(H2,19,20,23). The zero-order chi connectivity index (χ0) is 17.0. The molecule has 0 unspecified atom stereocenters. The molecule has 0 aliphatic heterocycles. The minimum absolute atomic E-state index is 0.00209. The number of nitrogens with zero attached hydrogens (tertiary/aromatic N) is 1. The molecule has 0 heterocycles. The molecule has 2 N–H and O–H groups in total. The molecule has 2 aromatic rings.